The predicted molar refractivity (Wildman–Crippen MR) is 118 cm³/mol. The van der Waals surface area contributed by atoms with Crippen molar-refractivity contribution in [1.82, 2.24) is 24.4 Å². The second-order valence-electron chi connectivity index (χ2n) is 8.76. The monoisotopic (exact) mass is 444 g/mol. The Balaban J connectivity index is 1.53. The zero-order chi connectivity index (χ0) is 22.8. The van der Waals surface area contributed by atoms with Crippen LogP contribution in [0.15, 0.2) is 24.8 Å². The fraction of sp³-hybridized carbons (Fsp3) is 0.565. The first kappa shape index (κ1) is 22.4. The number of carbonyl (C=O) groups is 1. The lowest BCUT2D eigenvalue weighted by Gasteiger charge is -2.32. The van der Waals surface area contributed by atoms with Crippen LogP contribution < -0.4 is 5.32 Å². The molecule has 1 unspecified atom stereocenters. The number of nitrogens with zero attached hydrogens (tertiary/aromatic N) is 5. The first-order chi connectivity index (χ1) is 15.4. The van der Waals surface area contributed by atoms with Crippen molar-refractivity contribution < 1.29 is 13.6 Å². The van der Waals surface area contributed by atoms with Gasteiger partial charge in [0.1, 0.15) is 5.56 Å². The lowest BCUT2D eigenvalue weighted by molar-refractivity contribution is 0.102. The first-order valence-corrected chi connectivity index (χ1v) is 11.4. The Morgan fingerprint density at radius 2 is 1.94 bits per heavy atom. The third-order valence-electron chi connectivity index (χ3n) is 6.84. The maximum atomic E-state index is 13.7. The van der Waals surface area contributed by atoms with E-state index in [4.69, 9.17) is 0 Å². The molecule has 172 valence electrons. The molecule has 0 aromatic carbocycles. The second kappa shape index (κ2) is 9.34. The first-order valence-electron chi connectivity index (χ1n) is 11.4. The smallest absolute Gasteiger partial charge is 0.284 e. The highest BCUT2D eigenvalue weighted by Crippen LogP contribution is 2.38. The van der Waals surface area contributed by atoms with Crippen LogP contribution in [0.5, 0.6) is 0 Å². The summed E-state index contributed by atoms with van der Waals surface area (Å²) in [6.07, 6.45) is 9.55. The summed E-state index contributed by atoms with van der Waals surface area (Å²) in [6.45, 7) is 6.48. The third-order valence-corrected chi connectivity index (χ3v) is 6.84. The molecule has 1 fully saturated rings. The van der Waals surface area contributed by atoms with E-state index >= 15 is 0 Å². The third kappa shape index (κ3) is 4.38. The molecule has 1 aliphatic rings. The summed E-state index contributed by atoms with van der Waals surface area (Å²) in [4.78, 5) is 17.2. The van der Waals surface area contributed by atoms with Gasteiger partial charge in [0.25, 0.3) is 12.3 Å². The summed E-state index contributed by atoms with van der Waals surface area (Å²) in [5.41, 5.74) is 1.24. The van der Waals surface area contributed by atoms with Gasteiger partial charge in [-0.3, -0.25) is 9.48 Å². The zero-order valence-corrected chi connectivity index (χ0v) is 18.8. The Bertz CT molecular complexity index is 1080. The van der Waals surface area contributed by atoms with Crippen LogP contribution in [0, 0.1) is 11.8 Å². The molecule has 0 radical (unpaired) electrons. The number of hydrogen-bond donors (Lipinski definition) is 1. The Kier molecular flexibility index (Phi) is 6.53. The van der Waals surface area contributed by atoms with Crippen LogP contribution in [0.25, 0.3) is 5.65 Å². The van der Waals surface area contributed by atoms with Gasteiger partial charge in [0.2, 0.25) is 0 Å². The summed E-state index contributed by atoms with van der Waals surface area (Å²) < 4.78 is 30.5. The Morgan fingerprint density at radius 1 is 1.19 bits per heavy atom. The number of halogens is 2. The summed E-state index contributed by atoms with van der Waals surface area (Å²) in [5.74, 6) is 0.823. The molecular formula is C23H30F2N6O. The van der Waals surface area contributed by atoms with Crippen molar-refractivity contribution in [3.63, 3.8) is 0 Å². The van der Waals surface area contributed by atoms with E-state index in [1.807, 2.05) is 6.92 Å². The molecule has 0 spiro atoms. The summed E-state index contributed by atoms with van der Waals surface area (Å²) in [6, 6.07) is 0.0737. The molecule has 1 aliphatic carbocycles. The molecule has 9 heteroatoms. The molecule has 0 bridgehead atoms. The Morgan fingerprint density at radius 3 is 2.59 bits per heavy atom. The van der Waals surface area contributed by atoms with Crippen LogP contribution in [0.2, 0.25) is 0 Å². The minimum atomic E-state index is -2.78. The second-order valence-corrected chi connectivity index (χ2v) is 8.76. The maximum absolute atomic E-state index is 13.7. The fourth-order valence-corrected chi connectivity index (χ4v) is 4.56. The lowest BCUT2D eigenvalue weighted by atomic mass is 9.78. The standard InChI is InChI=1S/C23H30F2N6O/c1-4-14(3)16-6-8-17(9-7-16)30-13-19(20(29-30)21(24)25)28-23(32)18-11-27-31-12-15(5-2)10-26-22(18)31/h10-14,16-17,21H,4-9H2,1-3H3,(H,28,32). The number of fused-ring (bicyclic) bond motifs is 1. The topological polar surface area (TPSA) is 77.1 Å². The van der Waals surface area contributed by atoms with E-state index in [9.17, 15) is 13.6 Å². The number of rotatable bonds is 7. The highest BCUT2D eigenvalue weighted by Gasteiger charge is 2.28. The molecule has 1 amide bonds. The normalized spacial score (nSPS) is 20.1. The Labute approximate surface area is 186 Å². The van der Waals surface area contributed by atoms with Gasteiger partial charge in [0.15, 0.2) is 11.3 Å². The van der Waals surface area contributed by atoms with Gasteiger partial charge < -0.3 is 5.32 Å². The van der Waals surface area contributed by atoms with Crippen molar-refractivity contribution >= 4 is 17.2 Å². The molecule has 3 aromatic rings. The molecule has 0 saturated heterocycles. The summed E-state index contributed by atoms with van der Waals surface area (Å²) in [5, 5.41) is 11.0. The zero-order valence-electron chi connectivity index (χ0n) is 18.8. The van der Waals surface area contributed by atoms with Crippen molar-refractivity contribution in [3.05, 3.63) is 41.6 Å². The average Bonchev–Trinajstić information content (AvgIpc) is 3.42. The highest BCUT2D eigenvalue weighted by atomic mass is 19.3. The van der Waals surface area contributed by atoms with Crippen LogP contribution in [-0.4, -0.2) is 30.3 Å². The van der Waals surface area contributed by atoms with Crippen LogP contribution in [0.4, 0.5) is 14.5 Å². The van der Waals surface area contributed by atoms with E-state index in [1.165, 1.54) is 10.7 Å². The number of carbonyl (C=O) groups excluding carboxylic acids is 1. The number of alkyl halides is 2. The van der Waals surface area contributed by atoms with Crippen molar-refractivity contribution in [2.75, 3.05) is 5.32 Å². The molecule has 1 atom stereocenters. The molecule has 0 aliphatic heterocycles. The fourth-order valence-electron chi connectivity index (χ4n) is 4.56. The van der Waals surface area contributed by atoms with Gasteiger partial charge in [-0.05, 0) is 49.5 Å². The number of aryl methyl sites for hydroxylation is 1. The SMILES string of the molecule is CCc1cnc2c(C(=O)Nc3cn(C4CCC(C(C)CC)CC4)nc3C(F)F)cnn2c1. The summed E-state index contributed by atoms with van der Waals surface area (Å²) in [7, 11) is 0. The lowest BCUT2D eigenvalue weighted by Crippen LogP contribution is -2.22. The number of hydrogen-bond acceptors (Lipinski definition) is 4. The number of amides is 1. The molecule has 3 aromatic heterocycles. The number of nitrogens with one attached hydrogen (secondary N) is 1. The van der Waals surface area contributed by atoms with E-state index in [1.54, 1.807) is 23.3 Å². The minimum Gasteiger partial charge on any atom is -0.319 e. The molecule has 32 heavy (non-hydrogen) atoms. The van der Waals surface area contributed by atoms with Gasteiger partial charge in [-0.15, -0.1) is 0 Å². The molecule has 1 N–H and O–H groups in total. The van der Waals surface area contributed by atoms with Gasteiger partial charge >= 0.3 is 0 Å². The minimum absolute atomic E-state index is 0.0404. The van der Waals surface area contributed by atoms with Crippen molar-refractivity contribution in [2.24, 2.45) is 11.8 Å². The van der Waals surface area contributed by atoms with E-state index in [-0.39, 0.29) is 17.3 Å². The van der Waals surface area contributed by atoms with Crippen LogP contribution >= 0.6 is 0 Å². The van der Waals surface area contributed by atoms with Crippen LogP contribution in [0.3, 0.4) is 0 Å². The van der Waals surface area contributed by atoms with Gasteiger partial charge in [-0.1, -0.05) is 27.2 Å². The van der Waals surface area contributed by atoms with E-state index in [2.05, 4.69) is 34.3 Å². The average molecular weight is 445 g/mol. The number of aromatic nitrogens is 5. The van der Waals surface area contributed by atoms with E-state index in [0.717, 1.165) is 44.1 Å². The largest absolute Gasteiger partial charge is 0.319 e. The van der Waals surface area contributed by atoms with Crippen molar-refractivity contribution in [1.29, 1.82) is 0 Å². The van der Waals surface area contributed by atoms with Gasteiger partial charge in [-0.2, -0.15) is 10.2 Å². The van der Waals surface area contributed by atoms with Crippen LogP contribution in [-0.2, 0) is 6.42 Å². The highest BCUT2D eigenvalue weighted by molar-refractivity contribution is 6.08. The van der Waals surface area contributed by atoms with Gasteiger partial charge in [-0.25, -0.2) is 18.3 Å². The van der Waals surface area contributed by atoms with Crippen LogP contribution in [0.1, 0.15) is 87.0 Å². The van der Waals surface area contributed by atoms with Crippen molar-refractivity contribution in [3.8, 4) is 0 Å². The van der Waals surface area contributed by atoms with E-state index < -0.39 is 18.0 Å². The molecule has 7 nitrogen and oxygen atoms in total. The Hall–Kier alpha value is -2.84. The van der Waals surface area contributed by atoms with Crippen molar-refractivity contribution in [2.45, 2.75) is 71.8 Å². The van der Waals surface area contributed by atoms with E-state index in [0.29, 0.717) is 17.5 Å². The quantitative estimate of drug-likeness (QED) is 0.525. The molecule has 4 rings (SSSR count). The van der Waals surface area contributed by atoms with Gasteiger partial charge in [0, 0.05) is 18.6 Å². The predicted octanol–water partition coefficient (Wildman–Crippen LogP) is 5.46. The van der Waals surface area contributed by atoms with Gasteiger partial charge in [0.05, 0.1) is 17.9 Å². The summed E-state index contributed by atoms with van der Waals surface area (Å²) >= 11 is 0. The molecular weight excluding hydrogens is 414 g/mol. The number of anilines is 1. The molecule has 3 heterocycles. The molecule has 1 saturated carbocycles. The maximum Gasteiger partial charge on any atom is 0.284 e.